The Hall–Kier alpha value is -1.86. The summed E-state index contributed by atoms with van der Waals surface area (Å²) in [6.45, 7) is 2.84. The zero-order valence-corrected chi connectivity index (χ0v) is 13.5. The van der Waals surface area contributed by atoms with Crippen molar-refractivity contribution in [3.05, 3.63) is 28.5 Å². The predicted octanol–water partition coefficient (Wildman–Crippen LogP) is 2.46. The molecular weight excluding hydrogens is 325 g/mol. The summed E-state index contributed by atoms with van der Waals surface area (Å²) >= 11 is 5.91. The van der Waals surface area contributed by atoms with Crippen LogP contribution in [0.2, 0.25) is 5.02 Å². The molecule has 1 aromatic rings. The molecule has 0 unspecified atom stereocenters. The van der Waals surface area contributed by atoms with Crippen LogP contribution in [0.25, 0.3) is 0 Å². The summed E-state index contributed by atoms with van der Waals surface area (Å²) in [5.41, 5.74) is 0.748. The van der Waals surface area contributed by atoms with Crippen molar-refractivity contribution in [1.29, 1.82) is 0 Å². The van der Waals surface area contributed by atoms with Gasteiger partial charge in [-0.05, 0) is 37.5 Å². The minimum absolute atomic E-state index is 0.0172. The van der Waals surface area contributed by atoms with Crippen molar-refractivity contribution in [3.63, 3.8) is 0 Å². The van der Waals surface area contributed by atoms with Gasteiger partial charge in [-0.2, -0.15) is 0 Å². The average Bonchev–Trinajstić information content (AvgIpc) is 2.46. The minimum atomic E-state index is -0.851. The third-order valence-electron chi connectivity index (χ3n) is 3.78. The van der Waals surface area contributed by atoms with Crippen LogP contribution in [-0.4, -0.2) is 47.7 Å². The molecule has 0 aromatic heterocycles. The molecule has 1 aliphatic rings. The summed E-state index contributed by atoms with van der Waals surface area (Å²) in [6.07, 6.45) is 1.35. The van der Waals surface area contributed by atoms with Gasteiger partial charge in [-0.15, -0.1) is 0 Å². The van der Waals surface area contributed by atoms with Crippen LogP contribution in [0.1, 0.15) is 18.4 Å². The number of halogens is 2. The van der Waals surface area contributed by atoms with E-state index in [4.69, 9.17) is 16.7 Å². The van der Waals surface area contributed by atoms with Crippen molar-refractivity contribution >= 4 is 29.3 Å². The molecular formula is C15H19ClFN3O3. The molecule has 1 aromatic carbocycles. The second-order valence-electron chi connectivity index (χ2n) is 5.62. The van der Waals surface area contributed by atoms with Crippen LogP contribution in [0.15, 0.2) is 12.1 Å². The van der Waals surface area contributed by atoms with E-state index in [2.05, 4.69) is 10.6 Å². The van der Waals surface area contributed by atoms with Crippen LogP contribution in [-0.2, 0) is 4.79 Å². The number of carbonyl (C=O) groups is 2. The number of aryl methyl sites for hydroxylation is 1. The molecule has 1 aliphatic heterocycles. The third kappa shape index (κ3) is 5.07. The minimum Gasteiger partial charge on any atom is -0.480 e. The lowest BCUT2D eigenvalue weighted by Crippen LogP contribution is -2.47. The van der Waals surface area contributed by atoms with Gasteiger partial charge in [-0.3, -0.25) is 9.69 Å². The molecule has 1 saturated heterocycles. The highest BCUT2D eigenvalue weighted by Gasteiger charge is 2.22. The van der Waals surface area contributed by atoms with Crippen molar-refractivity contribution in [3.8, 4) is 0 Å². The zero-order valence-electron chi connectivity index (χ0n) is 12.7. The summed E-state index contributed by atoms with van der Waals surface area (Å²) in [5, 5.41) is 14.3. The summed E-state index contributed by atoms with van der Waals surface area (Å²) in [4.78, 5) is 24.5. The fourth-order valence-electron chi connectivity index (χ4n) is 2.52. The van der Waals surface area contributed by atoms with E-state index in [1.807, 2.05) is 4.90 Å². The Morgan fingerprint density at radius 2 is 2.04 bits per heavy atom. The molecule has 0 spiro atoms. The Labute approximate surface area is 138 Å². The lowest BCUT2D eigenvalue weighted by atomic mass is 10.1. The van der Waals surface area contributed by atoms with Crippen molar-refractivity contribution in [2.75, 3.05) is 25.0 Å². The molecule has 0 radical (unpaired) electrons. The first-order valence-electron chi connectivity index (χ1n) is 7.32. The highest BCUT2D eigenvalue weighted by atomic mass is 35.5. The number of carbonyl (C=O) groups excluding carboxylic acids is 1. The van der Waals surface area contributed by atoms with Crippen LogP contribution < -0.4 is 10.6 Å². The number of anilines is 1. The number of benzene rings is 1. The molecule has 0 bridgehead atoms. The van der Waals surface area contributed by atoms with E-state index >= 15 is 0 Å². The molecule has 1 heterocycles. The SMILES string of the molecule is Cc1cc(NC(=O)NC2CCN(CC(=O)O)CC2)c(Cl)cc1F. The van der Waals surface area contributed by atoms with Gasteiger partial charge in [0.1, 0.15) is 5.82 Å². The number of likely N-dealkylation sites (tertiary alicyclic amines) is 1. The molecule has 0 atom stereocenters. The molecule has 2 rings (SSSR count). The largest absolute Gasteiger partial charge is 0.480 e. The second kappa shape index (κ2) is 7.61. The molecule has 6 nitrogen and oxygen atoms in total. The third-order valence-corrected chi connectivity index (χ3v) is 4.09. The molecule has 8 heteroatoms. The fraction of sp³-hybridized carbons (Fsp3) is 0.467. The first-order valence-corrected chi connectivity index (χ1v) is 7.70. The number of hydrogen-bond acceptors (Lipinski definition) is 3. The number of hydrogen-bond donors (Lipinski definition) is 3. The van der Waals surface area contributed by atoms with E-state index in [1.54, 1.807) is 6.92 Å². The van der Waals surface area contributed by atoms with Crippen molar-refractivity contribution in [2.24, 2.45) is 0 Å². The number of carboxylic acid groups (broad SMARTS) is 1. The van der Waals surface area contributed by atoms with Crippen LogP contribution in [0.5, 0.6) is 0 Å². The number of carboxylic acids is 1. The van der Waals surface area contributed by atoms with Gasteiger partial charge in [0.2, 0.25) is 0 Å². The van der Waals surface area contributed by atoms with Gasteiger partial charge in [0.25, 0.3) is 0 Å². The van der Waals surface area contributed by atoms with Crippen LogP contribution >= 0.6 is 11.6 Å². The molecule has 126 valence electrons. The van der Waals surface area contributed by atoms with Crippen molar-refractivity contribution < 1.29 is 19.1 Å². The number of aliphatic carboxylic acids is 1. The maximum atomic E-state index is 13.3. The lowest BCUT2D eigenvalue weighted by Gasteiger charge is -2.31. The Morgan fingerprint density at radius 3 is 2.65 bits per heavy atom. The fourth-order valence-corrected chi connectivity index (χ4v) is 2.72. The smallest absolute Gasteiger partial charge is 0.319 e. The average molecular weight is 344 g/mol. The van der Waals surface area contributed by atoms with Crippen molar-refractivity contribution in [1.82, 2.24) is 10.2 Å². The Morgan fingerprint density at radius 1 is 1.39 bits per heavy atom. The van der Waals surface area contributed by atoms with Crippen LogP contribution in [0.3, 0.4) is 0 Å². The van der Waals surface area contributed by atoms with Gasteiger partial charge in [0.05, 0.1) is 17.3 Å². The maximum Gasteiger partial charge on any atom is 0.319 e. The van der Waals surface area contributed by atoms with Crippen molar-refractivity contribution in [2.45, 2.75) is 25.8 Å². The van der Waals surface area contributed by atoms with E-state index in [-0.39, 0.29) is 17.6 Å². The van der Waals surface area contributed by atoms with E-state index in [9.17, 15) is 14.0 Å². The number of rotatable bonds is 4. The predicted molar refractivity (Wildman–Crippen MR) is 85.4 cm³/mol. The quantitative estimate of drug-likeness (QED) is 0.784. The first kappa shape index (κ1) is 17.5. The van der Waals surface area contributed by atoms with Gasteiger partial charge >= 0.3 is 12.0 Å². The number of nitrogens with one attached hydrogen (secondary N) is 2. The molecule has 23 heavy (non-hydrogen) atoms. The molecule has 0 saturated carbocycles. The standard InChI is InChI=1S/C15H19ClFN3O3/c1-9-6-13(11(16)7-12(9)17)19-15(23)18-10-2-4-20(5-3-10)8-14(21)22/h6-7,10H,2-5,8H2,1H3,(H,21,22)(H2,18,19,23). The topological polar surface area (TPSA) is 81.7 Å². The monoisotopic (exact) mass is 343 g/mol. The van der Waals surface area contributed by atoms with Gasteiger partial charge in [0, 0.05) is 19.1 Å². The number of urea groups is 1. The number of nitrogens with zero attached hydrogens (tertiary/aromatic N) is 1. The molecule has 3 N–H and O–H groups in total. The van der Waals surface area contributed by atoms with E-state index in [0.717, 1.165) is 6.07 Å². The highest BCUT2D eigenvalue weighted by molar-refractivity contribution is 6.33. The maximum absolute atomic E-state index is 13.3. The number of piperidine rings is 1. The first-order chi connectivity index (χ1) is 10.8. The zero-order chi connectivity index (χ0) is 17.0. The van der Waals surface area contributed by atoms with Gasteiger partial charge in [-0.1, -0.05) is 11.6 Å². The summed E-state index contributed by atoms with van der Waals surface area (Å²) in [6, 6.07) is 2.21. The molecule has 2 amide bonds. The summed E-state index contributed by atoms with van der Waals surface area (Å²) in [5.74, 6) is -1.28. The molecule has 0 aliphatic carbocycles. The Kier molecular flexibility index (Phi) is 5.79. The normalized spacial score (nSPS) is 16.1. The Balaban J connectivity index is 1.84. The van der Waals surface area contributed by atoms with Gasteiger partial charge < -0.3 is 15.7 Å². The Bertz CT molecular complexity index is 604. The second-order valence-corrected chi connectivity index (χ2v) is 6.03. The lowest BCUT2D eigenvalue weighted by molar-refractivity contribution is -0.138. The van der Waals surface area contributed by atoms with E-state index in [1.165, 1.54) is 6.07 Å². The highest BCUT2D eigenvalue weighted by Crippen LogP contribution is 2.25. The van der Waals surface area contributed by atoms with Crippen LogP contribution in [0, 0.1) is 12.7 Å². The summed E-state index contributed by atoms with van der Waals surface area (Å²) < 4.78 is 13.3. The van der Waals surface area contributed by atoms with E-state index < -0.39 is 17.8 Å². The number of amides is 2. The summed E-state index contributed by atoms with van der Waals surface area (Å²) in [7, 11) is 0. The van der Waals surface area contributed by atoms with Gasteiger partial charge in [-0.25, -0.2) is 9.18 Å². The van der Waals surface area contributed by atoms with E-state index in [0.29, 0.717) is 37.2 Å². The van der Waals surface area contributed by atoms with Gasteiger partial charge in [0.15, 0.2) is 0 Å². The van der Waals surface area contributed by atoms with Crippen LogP contribution in [0.4, 0.5) is 14.9 Å². The molecule has 1 fully saturated rings.